The molecule has 138 valence electrons. The van der Waals surface area contributed by atoms with Gasteiger partial charge < -0.3 is 15.5 Å². The Morgan fingerprint density at radius 1 is 0.923 bits per heavy atom. The molecular formula is C20H25N3O2S. The summed E-state index contributed by atoms with van der Waals surface area (Å²) in [6.45, 7) is 5.59. The monoisotopic (exact) mass is 371 g/mol. The minimum atomic E-state index is -0.104. The number of hydrogen-bond acceptors (Lipinski definition) is 3. The van der Waals surface area contributed by atoms with E-state index in [1.165, 1.54) is 12.8 Å². The SMILES string of the molecule is Cc1cc(C(=O)Nc2ccc(NC(=O)N3CCCCCC3)cc2)c(C)s1. The van der Waals surface area contributed by atoms with Crippen molar-refractivity contribution in [1.82, 2.24) is 4.90 Å². The maximum absolute atomic E-state index is 12.4. The van der Waals surface area contributed by atoms with Gasteiger partial charge in [0.2, 0.25) is 0 Å². The van der Waals surface area contributed by atoms with Crippen molar-refractivity contribution in [1.29, 1.82) is 0 Å². The van der Waals surface area contributed by atoms with E-state index in [1.807, 2.05) is 49.1 Å². The van der Waals surface area contributed by atoms with Gasteiger partial charge in [-0.3, -0.25) is 4.79 Å². The zero-order chi connectivity index (χ0) is 18.5. The lowest BCUT2D eigenvalue weighted by Gasteiger charge is -2.20. The summed E-state index contributed by atoms with van der Waals surface area (Å²) in [7, 11) is 0. The number of aryl methyl sites for hydroxylation is 2. The Morgan fingerprint density at radius 2 is 1.50 bits per heavy atom. The van der Waals surface area contributed by atoms with Crippen LogP contribution in [0.4, 0.5) is 16.2 Å². The molecule has 1 saturated heterocycles. The molecule has 3 amide bonds. The second-order valence-corrected chi connectivity index (χ2v) is 8.15. The van der Waals surface area contributed by atoms with E-state index in [1.54, 1.807) is 11.3 Å². The van der Waals surface area contributed by atoms with Gasteiger partial charge in [0.05, 0.1) is 5.56 Å². The average Bonchev–Trinajstić information content (AvgIpc) is 2.81. The summed E-state index contributed by atoms with van der Waals surface area (Å²) in [5, 5.41) is 5.85. The first kappa shape index (κ1) is 18.5. The lowest BCUT2D eigenvalue weighted by atomic mass is 10.2. The molecule has 2 N–H and O–H groups in total. The number of nitrogens with zero attached hydrogens (tertiary/aromatic N) is 1. The van der Waals surface area contributed by atoms with Crippen LogP contribution in [0.1, 0.15) is 45.8 Å². The van der Waals surface area contributed by atoms with E-state index in [-0.39, 0.29) is 11.9 Å². The third kappa shape index (κ3) is 4.64. The van der Waals surface area contributed by atoms with Crippen molar-refractivity contribution >= 4 is 34.6 Å². The van der Waals surface area contributed by atoms with E-state index in [0.29, 0.717) is 11.3 Å². The molecule has 2 heterocycles. The molecule has 3 rings (SSSR count). The van der Waals surface area contributed by atoms with Crippen molar-refractivity contribution < 1.29 is 9.59 Å². The first-order chi connectivity index (χ1) is 12.5. The minimum Gasteiger partial charge on any atom is -0.325 e. The van der Waals surface area contributed by atoms with Gasteiger partial charge in [0.15, 0.2) is 0 Å². The molecule has 1 aromatic heterocycles. The topological polar surface area (TPSA) is 61.4 Å². The molecule has 0 aliphatic carbocycles. The fourth-order valence-electron chi connectivity index (χ4n) is 3.17. The zero-order valence-electron chi connectivity index (χ0n) is 15.3. The maximum Gasteiger partial charge on any atom is 0.321 e. The molecule has 5 nitrogen and oxygen atoms in total. The Hall–Kier alpha value is -2.34. The molecule has 0 atom stereocenters. The number of thiophene rings is 1. The molecule has 1 aromatic carbocycles. The first-order valence-electron chi connectivity index (χ1n) is 9.07. The third-order valence-corrected chi connectivity index (χ3v) is 5.54. The van der Waals surface area contributed by atoms with E-state index in [9.17, 15) is 9.59 Å². The third-order valence-electron chi connectivity index (χ3n) is 4.57. The summed E-state index contributed by atoms with van der Waals surface area (Å²) in [4.78, 5) is 28.7. The molecule has 1 fully saturated rings. The van der Waals surface area contributed by atoms with Gasteiger partial charge in [-0.25, -0.2) is 4.79 Å². The number of anilines is 2. The molecule has 0 bridgehead atoms. The molecule has 1 aliphatic heterocycles. The number of carbonyl (C=O) groups is 2. The van der Waals surface area contributed by atoms with E-state index in [0.717, 1.165) is 41.4 Å². The molecular weight excluding hydrogens is 346 g/mol. The molecule has 0 saturated carbocycles. The summed E-state index contributed by atoms with van der Waals surface area (Å²) >= 11 is 1.62. The highest BCUT2D eigenvalue weighted by Crippen LogP contribution is 2.22. The van der Waals surface area contributed by atoms with Gasteiger partial charge in [0.1, 0.15) is 0 Å². The van der Waals surface area contributed by atoms with Crippen LogP contribution in [0.3, 0.4) is 0 Å². The van der Waals surface area contributed by atoms with Crippen molar-refractivity contribution in [3.63, 3.8) is 0 Å². The number of carbonyl (C=O) groups excluding carboxylic acids is 2. The molecule has 0 spiro atoms. The number of benzene rings is 1. The Labute approximate surface area is 158 Å². The Kier molecular flexibility index (Phi) is 5.93. The van der Waals surface area contributed by atoms with Gasteiger partial charge in [-0.05, 0) is 57.0 Å². The van der Waals surface area contributed by atoms with Crippen molar-refractivity contribution in [2.45, 2.75) is 39.5 Å². The van der Waals surface area contributed by atoms with Crippen LogP contribution in [0, 0.1) is 13.8 Å². The highest BCUT2D eigenvalue weighted by Gasteiger charge is 2.16. The standard InChI is InChI=1S/C20H25N3O2S/c1-14-13-18(15(2)26-14)19(24)21-16-7-9-17(10-8-16)22-20(25)23-11-5-3-4-6-12-23/h7-10,13H,3-6,11-12H2,1-2H3,(H,21,24)(H,22,25). The molecule has 1 aliphatic rings. The second kappa shape index (κ2) is 8.36. The van der Waals surface area contributed by atoms with E-state index >= 15 is 0 Å². The van der Waals surface area contributed by atoms with Crippen LogP contribution in [0.5, 0.6) is 0 Å². The van der Waals surface area contributed by atoms with Crippen molar-refractivity contribution in [3.05, 3.63) is 45.6 Å². The number of rotatable bonds is 3. The predicted molar refractivity (Wildman–Crippen MR) is 107 cm³/mol. The highest BCUT2D eigenvalue weighted by atomic mass is 32.1. The van der Waals surface area contributed by atoms with Crippen LogP contribution in [-0.2, 0) is 0 Å². The lowest BCUT2D eigenvalue weighted by Crippen LogP contribution is -2.35. The molecule has 0 unspecified atom stereocenters. The smallest absolute Gasteiger partial charge is 0.321 e. The van der Waals surface area contributed by atoms with Crippen LogP contribution in [0.15, 0.2) is 30.3 Å². The number of hydrogen-bond donors (Lipinski definition) is 2. The van der Waals surface area contributed by atoms with Crippen LogP contribution in [0.25, 0.3) is 0 Å². The van der Waals surface area contributed by atoms with Crippen molar-refractivity contribution in [2.24, 2.45) is 0 Å². The van der Waals surface area contributed by atoms with Gasteiger partial charge in [0, 0.05) is 34.2 Å². The van der Waals surface area contributed by atoms with Gasteiger partial charge in [-0.15, -0.1) is 11.3 Å². The van der Waals surface area contributed by atoms with Gasteiger partial charge in [-0.2, -0.15) is 0 Å². The molecule has 6 heteroatoms. The summed E-state index contributed by atoms with van der Waals surface area (Å²) in [6.07, 6.45) is 4.53. The molecule has 26 heavy (non-hydrogen) atoms. The lowest BCUT2D eigenvalue weighted by molar-refractivity contribution is 0.102. The van der Waals surface area contributed by atoms with Crippen LogP contribution in [0.2, 0.25) is 0 Å². The zero-order valence-corrected chi connectivity index (χ0v) is 16.1. The summed E-state index contributed by atoms with van der Waals surface area (Å²) in [5.41, 5.74) is 2.16. The largest absolute Gasteiger partial charge is 0.325 e. The number of amides is 3. The van der Waals surface area contributed by atoms with E-state index in [4.69, 9.17) is 0 Å². The Balaban J connectivity index is 1.58. The normalized spacial score (nSPS) is 14.6. The molecule has 2 aromatic rings. The summed E-state index contributed by atoms with van der Waals surface area (Å²) in [5.74, 6) is -0.104. The summed E-state index contributed by atoms with van der Waals surface area (Å²) in [6, 6.07) is 9.11. The number of urea groups is 1. The van der Waals surface area contributed by atoms with Gasteiger partial charge in [0.25, 0.3) is 5.91 Å². The quantitative estimate of drug-likeness (QED) is 0.795. The van der Waals surface area contributed by atoms with E-state index in [2.05, 4.69) is 10.6 Å². The van der Waals surface area contributed by atoms with Gasteiger partial charge in [-0.1, -0.05) is 12.8 Å². The summed E-state index contributed by atoms with van der Waals surface area (Å²) < 4.78 is 0. The number of nitrogens with one attached hydrogen (secondary N) is 2. The fraction of sp³-hybridized carbons (Fsp3) is 0.400. The minimum absolute atomic E-state index is 0.0481. The van der Waals surface area contributed by atoms with Crippen molar-refractivity contribution in [2.75, 3.05) is 23.7 Å². The fourth-order valence-corrected chi connectivity index (χ4v) is 4.09. The maximum atomic E-state index is 12.4. The second-order valence-electron chi connectivity index (χ2n) is 6.69. The van der Waals surface area contributed by atoms with Gasteiger partial charge >= 0.3 is 6.03 Å². The van der Waals surface area contributed by atoms with Crippen molar-refractivity contribution in [3.8, 4) is 0 Å². The average molecular weight is 372 g/mol. The van der Waals surface area contributed by atoms with Crippen LogP contribution >= 0.6 is 11.3 Å². The molecule has 0 radical (unpaired) electrons. The van der Waals surface area contributed by atoms with E-state index < -0.39 is 0 Å². The van der Waals surface area contributed by atoms with Crippen LogP contribution in [-0.4, -0.2) is 29.9 Å². The first-order valence-corrected chi connectivity index (χ1v) is 9.89. The number of likely N-dealkylation sites (tertiary alicyclic amines) is 1. The highest BCUT2D eigenvalue weighted by molar-refractivity contribution is 7.12. The predicted octanol–water partition coefficient (Wildman–Crippen LogP) is 5.03. The Morgan fingerprint density at radius 3 is 2.04 bits per heavy atom. The van der Waals surface area contributed by atoms with Crippen LogP contribution < -0.4 is 10.6 Å². The Bertz CT molecular complexity index is 775.